The van der Waals surface area contributed by atoms with Gasteiger partial charge in [-0.2, -0.15) is 0 Å². The van der Waals surface area contributed by atoms with Gasteiger partial charge in [-0.3, -0.25) is 0 Å². The molecule has 1 heterocycles. The number of rotatable bonds is 33. The molecule has 21 nitrogen and oxygen atoms in total. The van der Waals surface area contributed by atoms with Crippen molar-refractivity contribution in [2.75, 3.05) is 39.5 Å². The van der Waals surface area contributed by atoms with Crippen molar-refractivity contribution in [3.8, 4) is 0 Å². The third kappa shape index (κ3) is 24.8. The summed E-state index contributed by atoms with van der Waals surface area (Å²) in [7, 11) is 0. The van der Waals surface area contributed by atoms with Crippen LogP contribution in [0.5, 0.6) is 0 Å². The summed E-state index contributed by atoms with van der Waals surface area (Å²) in [6, 6.07) is 0. The lowest BCUT2D eigenvalue weighted by Crippen LogP contribution is -2.54. The molecule has 0 bridgehead atoms. The molecule has 1 aromatic rings. The number of aromatic nitrogens is 3. The van der Waals surface area contributed by atoms with Gasteiger partial charge in [-0.05, 0) is 80.1 Å². The molecule has 0 aliphatic rings. The predicted octanol–water partition coefficient (Wildman–Crippen LogP) is 4.55. The van der Waals surface area contributed by atoms with Crippen molar-refractivity contribution in [3.05, 3.63) is 67.9 Å². The van der Waals surface area contributed by atoms with Gasteiger partial charge in [0.2, 0.25) is 0 Å². The molecule has 0 aromatic carbocycles. The Bertz CT molecular complexity index is 1720. The summed E-state index contributed by atoms with van der Waals surface area (Å²) < 4.78 is 33.7. The first kappa shape index (κ1) is 57.9. The van der Waals surface area contributed by atoms with E-state index < -0.39 is 71.6 Å². The Morgan fingerprint density at radius 3 is 0.879 bits per heavy atom. The average molecular weight is 937 g/mol. The number of carbonyl (C=O) groups is 6. The molecule has 0 spiro atoms. The van der Waals surface area contributed by atoms with E-state index in [-0.39, 0.29) is 56.2 Å². The van der Waals surface area contributed by atoms with Gasteiger partial charge in [-0.1, -0.05) is 58.3 Å². The average Bonchev–Trinajstić information content (AvgIpc) is 3.25. The van der Waals surface area contributed by atoms with Crippen molar-refractivity contribution in [1.82, 2.24) is 29.7 Å². The number of amides is 3. The quantitative estimate of drug-likeness (QED) is 0.0378. The molecule has 3 unspecified atom stereocenters. The highest BCUT2D eigenvalue weighted by molar-refractivity contribution is 5.87. The predicted molar refractivity (Wildman–Crippen MR) is 244 cm³/mol. The number of esters is 3. The van der Waals surface area contributed by atoms with E-state index in [2.05, 4.69) is 35.7 Å². The first-order chi connectivity index (χ1) is 31.2. The van der Waals surface area contributed by atoms with E-state index in [9.17, 15) is 43.2 Å². The zero-order valence-corrected chi connectivity index (χ0v) is 39.7. The number of carbonyl (C=O) groups excluding carboxylic acids is 6. The van der Waals surface area contributed by atoms with E-state index in [1.165, 1.54) is 20.8 Å². The Morgan fingerprint density at radius 1 is 0.424 bits per heavy atom. The normalized spacial score (nSPS) is 12.1. The lowest BCUT2D eigenvalue weighted by atomic mass is 10.2. The molecule has 0 saturated carbocycles. The molecule has 21 heteroatoms. The minimum Gasteiger partial charge on any atom is -0.458 e. The Balaban J connectivity index is 2.75. The van der Waals surface area contributed by atoms with Gasteiger partial charge >= 0.3 is 53.3 Å². The molecule has 3 atom stereocenters. The standard InChI is InChI=1S/C45H72N6O15/c1-31(2)37(52)61-28-34(7)64-40(55)46-22-16-10-13-19-25-49-43(58)50(26-20-14-11-17-23-47-41(56)65-35(8)29-62-38(53)32(3)4)45(60)51(44(49)59)27-21-15-12-18-24-48-42(57)66-36(9)30-63-39(54)33(5)6/h34-36H,1,3,5,10-30H2,2,4,6-9H3,(H,46,55)(H,47,56)(H,48,57). The largest absolute Gasteiger partial charge is 0.458 e. The molecule has 0 radical (unpaired) electrons. The molecule has 1 aromatic heterocycles. The molecule has 1 rings (SSSR count). The fourth-order valence-corrected chi connectivity index (χ4v) is 5.80. The Labute approximate surface area is 386 Å². The smallest absolute Gasteiger partial charge is 0.407 e. The van der Waals surface area contributed by atoms with E-state index in [4.69, 9.17) is 28.4 Å². The third-order valence-electron chi connectivity index (χ3n) is 9.44. The first-order valence-electron chi connectivity index (χ1n) is 22.5. The number of hydrogen-bond acceptors (Lipinski definition) is 15. The van der Waals surface area contributed by atoms with Crippen molar-refractivity contribution in [2.45, 2.75) is 157 Å². The van der Waals surface area contributed by atoms with Crippen LogP contribution in [0.1, 0.15) is 119 Å². The van der Waals surface area contributed by atoms with E-state index in [1.807, 2.05) is 0 Å². The highest BCUT2D eigenvalue weighted by atomic mass is 16.6. The zero-order chi connectivity index (χ0) is 49.6. The summed E-state index contributed by atoms with van der Waals surface area (Å²) in [6.07, 6.45) is 3.10. The van der Waals surface area contributed by atoms with Crippen LogP contribution in [0.3, 0.4) is 0 Å². The summed E-state index contributed by atoms with van der Waals surface area (Å²) in [5.74, 6) is -1.73. The Kier molecular flexibility index (Phi) is 28.5. The minimum atomic E-state index is -0.692. The van der Waals surface area contributed by atoms with Crippen LogP contribution in [-0.2, 0) is 62.4 Å². The van der Waals surface area contributed by atoms with E-state index in [1.54, 1.807) is 20.8 Å². The molecule has 372 valence electrons. The number of alkyl carbamates (subject to hydrolysis) is 3. The van der Waals surface area contributed by atoms with Gasteiger partial charge in [-0.15, -0.1) is 0 Å². The summed E-state index contributed by atoms with van der Waals surface area (Å²) in [5.41, 5.74) is -1.37. The number of unbranched alkanes of at least 4 members (excludes halogenated alkanes) is 9. The fraction of sp³-hybridized carbons (Fsp3) is 0.667. The molecular formula is C45H72N6O15. The van der Waals surface area contributed by atoms with Crippen molar-refractivity contribution in [1.29, 1.82) is 0 Å². The summed E-state index contributed by atoms with van der Waals surface area (Å²) in [4.78, 5) is 112. The molecule has 0 aliphatic heterocycles. The van der Waals surface area contributed by atoms with Gasteiger partial charge in [0.25, 0.3) is 0 Å². The third-order valence-corrected chi connectivity index (χ3v) is 9.44. The van der Waals surface area contributed by atoms with Gasteiger partial charge in [0.15, 0.2) is 0 Å². The maximum absolute atomic E-state index is 13.6. The van der Waals surface area contributed by atoms with E-state index >= 15 is 0 Å². The molecule has 3 amide bonds. The van der Waals surface area contributed by atoms with Crippen molar-refractivity contribution in [2.24, 2.45) is 0 Å². The van der Waals surface area contributed by atoms with Crippen LogP contribution in [0.4, 0.5) is 14.4 Å². The first-order valence-corrected chi connectivity index (χ1v) is 22.5. The topological polar surface area (TPSA) is 260 Å². The number of hydrogen-bond donors (Lipinski definition) is 3. The summed E-state index contributed by atoms with van der Waals surface area (Å²) in [6.45, 7) is 20.7. The van der Waals surface area contributed by atoms with Gasteiger partial charge in [0.1, 0.15) is 38.1 Å². The zero-order valence-electron chi connectivity index (χ0n) is 39.7. The fourth-order valence-electron chi connectivity index (χ4n) is 5.80. The van der Waals surface area contributed by atoms with Crippen molar-refractivity contribution in [3.63, 3.8) is 0 Å². The molecule has 3 N–H and O–H groups in total. The van der Waals surface area contributed by atoms with Crippen LogP contribution < -0.4 is 33.0 Å². The molecule has 0 aliphatic carbocycles. The summed E-state index contributed by atoms with van der Waals surface area (Å²) >= 11 is 0. The second kappa shape index (κ2) is 32.5. The summed E-state index contributed by atoms with van der Waals surface area (Å²) in [5, 5.41) is 7.92. The second-order valence-corrected chi connectivity index (χ2v) is 16.1. The van der Waals surface area contributed by atoms with Gasteiger partial charge in [-0.25, -0.2) is 56.9 Å². The van der Waals surface area contributed by atoms with Crippen molar-refractivity contribution < 1.29 is 57.2 Å². The van der Waals surface area contributed by atoms with Crippen LogP contribution >= 0.6 is 0 Å². The maximum atomic E-state index is 13.6. The number of ether oxygens (including phenoxy) is 6. The van der Waals surface area contributed by atoms with Crippen molar-refractivity contribution >= 4 is 36.2 Å². The number of nitrogens with one attached hydrogen (secondary N) is 3. The van der Waals surface area contributed by atoms with Crippen LogP contribution in [0.15, 0.2) is 50.8 Å². The van der Waals surface area contributed by atoms with Gasteiger partial charge in [0, 0.05) is 56.0 Å². The second-order valence-electron chi connectivity index (χ2n) is 16.1. The molecular weight excluding hydrogens is 865 g/mol. The van der Waals surface area contributed by atoms with Crippen LogP contribution in [0.25, 0.3) is 0 Å². The lowest BCUT2D eigenvalue weighted by molar-refractivity contribution is -0.142. The maximum Gasteiger partial charge on any atom is 0.407 e. The van der Waals surface area contributed by atoms with Crippen LogP contribution in [0.2, 0.25) is 0 Å². The molecule has 0 saturated heterocycles. The van der Waals surface area contributed by atoms with Crippen LogP contribution in [-0.4, -0.2) is 108 Å². The van der Waals surface area contributed by atoms with Gasteiger partial charge in [0.05, 0.1) is 0 Å². The van der Waals surface area contributed by atoms with E-state index in [0.29, 0.717) is 96.7 Å². The molecule has 66 heavy (non-hydrogen) atoms. The highest BCUT2D eigenvalue weighted by Gasteiger charge is 2.17. The monoisotopic (exact) mass is 937 g/mol. The van der Waals surface area contributed by atoms with Crippen LogP contribution in [0, 0.1) is 0 Å². The SMILES string of the molecule is C=C(C)C(=O)OCC(C)OC(=O)NCCCCCCn1c(=O)n(CCCCCCNC(=O)OC(C)COC(=O)C(=C)C)c(=O)n(CCCCCCNC(=O)OC(C)COC(=O)C(=C)C)c1=O. The number of nitrogens with zero attached hydrogens (tertiary/aromatic N) is 3. The van der Waals surface area contributed by atoms with E-state index in [0.717, 1.165) is 13.7 Å². The lowest BCUT2D eigenvalue weighted by Gasteiger charge is -2.15. The highest BCUT2D eigenvalue weighted by Crippen LogP contribution is 2.05. The van der Waals surface area contributed by atoms with Gasteiger partial charge < -0.3 is 44.4 Å². The molecule has 0 fully saturated rings. The Morgan fingerprint density at radius 2 is 0.652 bits per heavy atom. The Hall–Kier alpha value is -6.15. The minimum absolute atomic E-state index is 0.0846.